The number of phenols is 1. The molecule has 2 rings (SSSR count). The van der Waals surface area contributed by atoms with Gasteiger partial charge in [-0.05, 0) is 30.9 Å². The zero-order valence-corrected chi connectivity index (χ0v) is 10.4. The van der Waals surface area contributed by atoms with Gasteiger partial charge in [0, 0.05) is 12.6 Å². The van der Waals surface area contributed by atoms with Gasteiger partial charge in [0.2, 0.25) is 0 Å². The molecule has 1 aliphatic carbocycles. The highest BCUT2D eigenvalue weighted by Crippen LogP contribution is 2.22. The molecule has 1 amide bonds. The minimum atomic E-state index is -0.231. The summed E-state index contributed by atoms with van der Waals surface area (Å²) in [5, 5.41) is 12.4. The number of phenolic OH excluding ortho intramolecular Hbond substituents is 1. The maximum Gasteiger partial charge on any atom is 0.255 e. The van der Waals surface area contributed by atoms with E-state index in [0.717, 1.165) is 12.8 Å². The predicted octanol–water partition coefficient (Wildman–Crippen LogP) is 1.64. The second-order valence-corrected chi connectivity index (χ2v) is 4.94. The fourth-order valence-corrected chi connectivity index (χ4v) is 2.47. The molecule has 4 nitrogen and oxygen atoms in total. The molecule has 1 saturated carbocycles. The van der Waals surface area contributed by atoms with Crippen LogP contribution >= 0.6 is 0 Å². The molecule has 0 bridgehead atoms. The number of carbonyl (C=O) groups is 1. The summed E-state index contributed by atoms with van der Waals surface area (Å²) < 4.78 is 0. The van der Waals surface area contributed by atoms with Gasteiger partial charge in [-0.1, -0.05) is 25.0 Å². The fraction of sp³-hybridized carbons (Fsp3) is 0.500. The van der Waals surface area contributed by atoms with Gasteiger partial charge >= 0.3 is 0 Å². The summed E-state index contributed by atoms with van der Waals surface area (Å²) in [6.45, 7) is 0.592. The molecule has 4 heteroatoms. The molecule has 0 saturated heterocycles. The molecule has 0 aromatic heterocycles. The summed E-state index contributed by atoms with van der Waals surface area (Å²) in [5.41, 5.74) is 6.35. The Hall–Kier alpha value is -1.55. The molecule has 1 aliphatic rings. The van der Waals surface area contributed by atoms with Crippen LogP contribution in [0.4, 0.5) is 0 Å². The van der Waals surface area contributed by atoms with Gasteiger partial charge in [0.15, 0.2) is 0 Å². The van der Waals surface area contributed by atoms with Crippen LogP contribution in [0.2, 0.25) is 0 Å². The van der Waals surface area contributed by atoms with E-state index in [4.69, 9.17) is 5.73 Å². The number of hydrogen-bond acceptors (Lipinski definition) is 3. The van der Waals surface area contributed by atoms with Gasteiger partial charge in [-0.2, -0.15) is 0 Å². The largest absolute Gasteiger partial charge is 0.507 e. The van der Waals surface area contributed by atoms with Gasteiger partial charge in [-0.15, -0.1) is 0 Å². The van der Waals surface area contributed by atoms with E-state index in [1.54, 1.807) is 18.2 Å². The zero-order chi connectivity index (χ0) is 13.0. The molecule has 1 aromatic rings. The molecule has 1 fully saturated rings. The molecule has 2 unspecified atom stereocenters. The number of amides is 1. The summed E-state index contributed by atoms with van der Waals surface area (Å²) in [5.74, 6) is 0.141. The van der Waals surface area contributed by atoms with Crippen LogP contribution in [-0.2, 0) is 0 Å². The molecule has 1 aromatic carbocycles. The highest BCUT2D eigenvalue weighted by atomic mass is 16.3. The first-order valence-corrected chi connectivity index (χ1v) is 6.50. The lowest BCUT2D eigenvalue weighted by atomic mass is 9.85. The van der Waals surface area contributed by atoms with Gasteiger partial charge in [-0.3, -0.25) is 4.79 Å². The Morgan fingerprint density at radius 1 is 1.33 bits per heavy atom. The van der Waals surface area contributed by atoms with Gasteiger partial charge in [-0.25, -0.2) is 0 Å². The molecule has 0 aliphatic heterocycles. The Bertz CT molecular complexity index is 420. The second-order valence-electron chi connectivity index (χ2n) is 4.94. The number of hydrogen-bond donors (Lipinski definition) is 3. The maximum atomic E-state index is 11.9. The van der Waals surface area contributed by atoms with Crippen molar-refractivity contribution in [1.82, 2.24) is 5.32 Å². The second kappa shape index (κ2) is 5.87. The molecule has 18 heavy (non-hydrogen) atoms. The summed E-state index contributed by atoms with van der Waals surface area (Å²) in [6, 6.07) is 6.75. The lowest BCUT2D eigenvalue weighted by molar-refractivity contribution is 0.0938. The van der Waals surface area contributed by atoms with Crippen molar-refractivity contribution >= 4 is 5.91 Å². The van der Waals surface area contributed by atoms with Crippen LogP contribution in [0.5, 0.6) is 5.75 Å². The number of para-hydroxylation sites is 1. The molecule has 0 heterocycles. The van der Waals surface area contributed by atoms with Crippen molar-refractivity contribution in [3.8, 4) is 5.75 Å². The average Bonchev–Trinajstić information content (AvgIpc) is 2.38. The molecule has 2 atom stereocenters. The number of rotatable bonds is 3. The maximum absolute atomic E-state index is 11.9. The van der Waals surface area contributed by atoms with Crippen LogP contribution < -0.4 is 11.1 Å². The van der Waals surface area contributed by atoms with E-state index >= 15 is 0 Å². The minimum absolute atomic E-state index is 0.0166. The smallest absolute Gasteiger partial charge is 0.255 e. The molecule has 4 N–H and O–H groups in total. The third-order valence-corrected chi connectivity index (χ3v) is 3.64. The van der Waals surface area contributed by atoms with Crippen molar-refractivity contribution in [2.24, 2.45) is 11.7 Å². The van der Waals surface area contributed by atoms with Crippen LogP contribution in [0.25, 0.3) is 0 Å². The van der Waals surface area contributed by atoms with Crippen molar-refractivity contribution in [3.63, 3.8) is 0 Å². The van der Waals surface area contributed by atoms with Gasteiger partial charge in [0.25, 0.3) is 5.91 Å². The summed E-state index contributed by atoms with van der Waals surface area (Å²) >= 11 is 0. The van der Waals surface area contributed by atoms with Crippen LogP contribution in [-0.4, -0.2) is 23.6 Å². The van der Waals surface area contributed by atoms with Crippen molar-refractivity contribution in [2.75, 3.05) is 6.54 Å². The molecular weight excluding hydrogens is 228 g/mol. The van der Waals surface area contributed by atoms with Gasteiger partial charge < -0.3 is 16.2 Å². The standard InChI is InChI=1S/C14H20N2O2/c15-12-7-3-1-5-10(12)9-16-14(18)11-6-2-4-8-13(11)17/h2,4,6,8,10,12,17H,1,3,5,7,9,15H2,(H,16,18). The van der Waals surface area contributed by atoms with Crippen LogP contribution in [0.1, 0.15) is 36.0 Å². The van der Waals surface area contributed by atoms with Crippen LogP contribution in [0.15, 0.2) is 24.3 Å². The van der Waals surface area contributed by atoms with E-state index in [0.29, 0.717) is 18.0 Å². The number of nitrogens with two attached hydrogens (primary N) is 1. The third kappa shape index (κ3) is 3.01. The summed E-state index contributed by atoms with van der Waals surface area (Å²) in [7, 11) is 0. The Labute approximate surface area is 107 Å². The number of benzene rings is 1. The molecule has 0 spiro atoms. The minimum Gasteiger partial charge on any atom is -0.507 e. The highest BCUT2D eigenvalue weighted by Gasteiger charge is 2.22. The third-order valence-electron chi connectivity index (χ3n) is 3.64. The number of aromatic hydroxyl groups is 1. The number of nitrogens with one attached hydrogen (secondary N) is 1. The molecule has 98 valence electrons. The first-order chi connectivity index (χ1) is 8.68. The van der Waals surface area contributed by atoms with Crippen LogP contribution in [0, 0.1) is 5.92 Å². The lowest BCUT2D eigenvalue weighted by Crippen LogP contribution is -2.41. The average molecular weight is 248 g/mol. The van der Waals surface area contributed by atoms with E-state index < -0.39 is 0 Å². The predicted molar refractivity (Wildman–Crippen MR) is 70.4 cm³/mol. The van der Waals surface area contributed by atoms with E-state index in [1.165, 1.54) is 18.9 Å². The van der Waals surface area contributed by atoms with Crippen molar-refractivity contribution in [2.45, 2.75) is 31.7 Å². The van der Waals surface area contributed by atoms with Crippen molar-refractivity contribution in [3.05, 3.63) is 29.8 Å². The molecule has 0 radical (unpaired) electrons. The first-order valence-electron chi connectivity index (χ1n) is 6.50. The van der Waals surface area contributed by atoms with E-state index in [-0.39, 0.29) is 17.7 Å². The normalized spacial score (nSPS) is 23.6. The lowest BCUT2D eigenvalue weighted by Gasteiger charge is -2.28. The van der Waals surface area contributed by atoms with E-state index in [2.05, 4.69) is 5.32 Å². The summed E-state index contributed by atoms with van der Waals surface area (Å²) in [4.78, 5) is 11.9. The van der Waals surface area contributed by atoms with Crippen LogP contribution in [0.3, 0.4) is 0 Å². The topological polar surface area (TPSA) is 75.3 Å². The van der Waals surface area contributed by atoms with Crippen molar-refractivity contribution in [1.29, 1.82) is 0 Å². The Morgan fingerprint density at radius 3 is 2.78 bits per heavy atom. The van der Waals surface area contributed by atoms with Gasteiger partial charge in [0.1, 0.15) is 5.75 Å². The quantitative estimate of drug-likeness (QED) is 0.761. The highest BCUT2D eigenvalue weighted by molar-refractivity contribution is 5.96. The first kappa shape index (κ1) is 12.9. The van der Waals surface area contributed by atoms with E-state index in [9.17, 15) is 9.90 Å². The Morgan fingerprint density at radius 2 is 2.06 bits per heavy atom. The fourth-order valence-electron chi connectivity index (χ4n) is 2.47. The Balaban J connectivity index is 1.90. The van der Waals surface area contributed by atoms with Crippen molar-refractivity contribution < 1.29 is 9.90 Å². The molecular formula is C14H20N2O2. The zero-order valence-electron chi connectivity index (χ0n) is 10.4. The van der Waals surface area contributed by atoms with Gasteiger partial charge in [0.05, 0.1) is 5.56 Å². The van der Waals surface area contributed by atoms with E-state index in [1.807, 2.05) is 0 Å². The number of carbonyl (C=O) groups excluding carboxylic acids is 1. The SMILES string of the molecule is NC1CCCCC1CNC(=O)c1ccccc1O. The monoisotopic (exact) mass is 248 g/mol. The summed E-state index contributed by atoms with van der Waals surface area (Å²) in [6.07, 6.45) is 4.48. The Kier molecular flexibility index (Phi) is 4.20.